The van der Waals surface area contributed by atoms with Crippen LogP contribution in [0.15, 0.2) is 0 Å². The number of nitrogens with two attached hydrogens (primary N) is 2. The highest BCUT2D eigenvalue weighted by Gasteiger charge is 2.01. The average molecular weight is 159 g/mol. The second kappa shape index (κ2) is 5.97. The van der Waals surface area contributed by atoms with E-state index in [0.29, 0.717) is 6.54 Å². The number of primary amides is 1. The smallest absolute Gasteiger partial charge is 0.312 e. The first-order chi connectivity index (χ1) is 5.16. The molecule has 0 fully saturated rings. The van der Waals surface area contributed by atoms with Gasteiger partial charge >= 0.3 is 6.03 Å². The summed E-state index contributed by atoms with van der Waals surface area (Å²) in [6.45, 7) is 2.59. The number of carbonyl (C=O) groups is 1. The Bertz CT molecular complexity index is 116. The van der Waals surface area contributed by atoms with Gasteiger partial charge in [0.2, 0.25) is 0 Å². The number of hydrogen-bond acceptors (Lipinski definition) is 2. The minimum absolute atomic E-state index is 0.0439. The standard InChI is InChI=1S/C7H17N3O/c1-2-3-4-6(8)5-10-7(9)11/h6H,2-5,8H2,1H3,(H3,9,10,11). The third kappa shape index (κ3) is 7.12. The monoisotopic (exact) mass is 159 g/mol. The largest absolute Gasteiger partial charge is 0.352 e. The van der Waals surface area contributed by atoms with Gasteiger partial charge in [-0.1, -0.05) is 19.8 Å². The maximum absolute atomic E-state index is 10.2. The van der Waals surface area contributed by atoms with Gasteiger partial charge in [-0.3, -0.25) is 0 Å². The predicted octanol–water partition coefficient (Wildman–Crippen LogP) is 0.172. The summed E-state index contributed by atoms with van der Waals surface area (Å²) in [6.07, 6.45) is 3.17. The van der Waals surface area contributed by atoms with Crippen molar-refractivity contribution < 1.29 is 4.79 Å². The number of nitrogens with one attached hydrogen (secondary N) is 1. The van der Waals surface area contributed by atoms with Crippen molar-refractivity contribution in [3.8, 4) is 0 Å². The minimum atomic E-state index is -0.503. The molecule has 0 aromatic heterocycles. The predicted molar refractivity (Wildman–Crippen MR) is 45.1 cm³/mol. The van der Waals surface area contributed by atoms with Crippen molar-refractivity contribution in [1.82, 2.24) is 5.32 Å². The van der Waals surface area contributed by atoms with Gasteiger partial charge in [-0.25, -0.2) is 4.79 Å². The molecule has 2 amide bonds. The van der Waals surface area contributed by atoms with Crippen LogP contribution in [0.4, 0.5) is 4.79 Å². The molecule has 1 unspecified atom stereocenters. The van der Waals surface area contributed by atoms with Gasteiger partial charge in [0.25, 0.3) is 0 Å². The van der Waals surface area contributed by atoms with E-state index in [9.17, 15) is 4.79 Å². The second-order valence-corrected chi connectivity index (χ2v) is 2.65. The highest BCUT2D eigenvalue weighted by Crippen LogP contribution is 1.96. The maximum atomic E-state index is 10.2. The molecule has 0 heterocycles. The normalized spacial score (nSPS) is 12.5. The molecule has 0 aromatic carbocycles. The molecule has 0 spiro atoms. The molecule has 1 atom stereocenters. The van der Waals surface area contributed by atoms with Gasteiger partial charge in [0.1, 0.15) is 0 Å². The first-order valence-corrected chi connectivity index (χ1v) is 3.95. The van der Waals surface area contributed by atoms with Crippen LogP contribution in [0.25, 0.3) is 0 Å². The van der Waals surface area contributed by atoms with Gasteiger partial charge in [-0.2, -0.15) is 0 Å². The number of unbranched alkanes of at least 4 members (excludes halogenated alkanes) is 1. The Morgan fingerprint density at radius 3 is 2.73 bits per heavy atom. The lowest BCUT2D eigenvalue weighted by Crippen LogP contribution is -2.39. The van der Waals surface area contributed by atoms with Crippen LogP contribution < -0.4 is 16.8 Å². The van der Waals surface area contributed by atoms with Crippen LogP contribution in [0, 0.1) is 0 Å². The van der Waals surface area contributed by atoms with E-state index in [1.807, 2.05) is 0 Å². The Labute approximate surface area is 67.3 Å². The van der Waals surface area contributed by atoms with Crippen molar-refractivity contribution in [2.75, 3.05) is 6.54 Å². The molecule has 0 radical (unpaired) electrons. The fraction of sp³-hybridized carbons (Fsp3) is 0.857. The van der Waals surface area contributed by atoms with Crippen LogP contribution in [-0.2, 0) is 0 Å². The number of hydrogen-bond donors (Lipinski definition) is 3. The van der Waals surface area contributed by atoms with E-state index in [1.165, 1.54) is 0 Å². The maximum Gasteiger partial charge on any atom is 0.312 e. The van der Waals surface area contributed by atoms with E-state index >= 15 is 0 Å². The molecule has 66 valence electrons. The van der Waals surface area contributed by atoms with Crippen LogP contribution in [0.5, 0.6) is 0 Å². The number of urea groups is 1. The lowest BCUT2D eigenvalue weighted by Gasteiger charge is -2.09. The van der Waals surface area contributed by atoms with Gasteiger partial charge in [-0.05, 0) is 6.42 Å². The molecular weight excluding hydrogens is 142 g/mol. The first-order valence-electron chi connectivity index (χ1n) is 3.95. The summed E-state index contributed by atoms with van der Waals surface area (Å²) in [7, 11) is 0. The first kappa shape index (κ1) is 10.2. The van der Waals surface area contributed by atoms with Crippen molar-refractivity contribution in [3.05, 3.63) is 0 Å². The molecule has 4 heteroatoms. The molecule has 11 heavy (non-hydrogen) atoms. The topological polar surface area (TPSA) is 81.1 Å². The zero-order valence-electron chi connectivity index (χ0n) is 6.97. The van der Waals surface area contributed by atoms with E-state index in [1.54, 1.807) is 0 Å². The van der Waals surface area contributed by atoms with Crippen molar-refractivity contribution in [2.24, 2.45) is 11.5 Å². The summed E-state index contributed by atoms with van der Waals surface area (Å²) in [4.78, 5) is 10.2. The summed E-state index contributed by atoms with van der Waals surface area (Å²) in [6, 6.07) is -0.459. The van der Waals surface area contributed by atoms with Crippen LogP contribution >= 0.6 is 0 Å². The molecule has 0 bridgehead atoms. The third-order valence-corrected chi connectivity index (χ3v) is 1.47. The molecule has 0 aliphatic carbocycles. The lowest BCUT2D eigenvalue weighted by atomic mass is 10.1. The Morgan fingerprint density at radius 1 is 1.64 bits per heavy atom. The van der Waals surface area contributed by atoms with Gasteiger partial charge < -0.3 is 16.8 Å². The van der Waals surface area contributed by atoms with Crippen molar-refractivity contribution in [2.45, 2.75) is 32.2 Å². The Morgan fingerprint density at radius 2 is 2.27 bits per heavy atom. The molecule has 0 aromatic rings. The van der Waals surface area contributed by atoms with Gasteiger partial charge in [0.15, 0.2) is 0 Å². The number of rotatable bonds is 5. The number of carbonyl (C=O) groups excluding carboxylic acids is 1. The molecule has 0 aliphatic rings. The SMILES string of the molecule is CCCCC(N)CNC(N)=O. The fourth-order valence-electron chi connectivity index (χ4n) is 0.800. The third-order valence-electron chi connectivity index (χ3n) is 1.47. The summed E-state index contributed by atoms with van der Waals surface area (Å²) in [5, 5.41) is 2.47. The Hall–Kier alpha value is -0.770. The van der Waals surface area contributed by atoms with Crippen LogP contribution in [0.2, 0.25) is 0 Å². The summed E-state index contributed by atoms with van der Waals surface area (Å²) in [5.74, 6) is 0. The van der Waals surface area contributed by atoms with Crippen LogP contribution in [-0.4, -0.2) is 18.6 Å². The Kier molecular flexibility index (Phi) is 5.56. The minimum Gasteiger partial charge on any atom is -0.352 e. The highest BCUT2D eigenvalue weighted by molar-refractivity contribution is 5.71. The summed E-state index contributed by atoms with van der Waals surface area (Å²) >= 11 is 0. The fourth-order valence-corrected chi connectivity index (χ4v) is 0.800. The average Bonchev–Trinajstić information content (AvgIpc) is 1.97. The van der Waals surface area contributed by atoms with Crippen LogP contribution in [0.3, 0.4) is 0 Å². The van der Waals surface area contributed by atoms with Gasteiger partial charge in [-0.15, -0.1) is 0 Å². The second-order valence-electron chi connectivity index (χ2n) is 2.65. The van der Waals surface area contributed by atoms with E-state index in [0.717, 1.165) is 19.3 Å². The van der Waals surface area contributed by atoms with E-state index in [2.05, 4.69) is 12.2 Å². The van der Waals surface area contributed by atoms with E-state index in [4.69, 9.17) is 11.5 Å². The molecule has 0 saturated heterocycles. The molecule has 5 N–H and O–H groups in total. The lowest BCUT2D eigenvalue weighted by molar-refractivity contribution is 0.248. The molecule has 0 rings (SSSR count). The molecule has 4 nitrogen and oxygen atoms in total. The van der Waals surface area contributed by atoms with Crippen molar-refractivity contribution in [3.63, 3.8) is 0 Å². The van der Waals surface area contributed by atoms with Gasteiger partial charge in [0.05, 0.1) is 0 Å². The zero-order valence-corrected chi connectivity index (χ0v) is 6.97. The highest BCUT2D eigenvalue weighted by atomic mass is 16.2. The molecular formula is C7H17N3O. The Balaban J connectivity index is 3.22. The van der Waals surface area contributed by atoms with Crippen molar-refractivity contribution >= 4 is 6.03 Å². The summed E-state index contributed by atoms with van der Waals surface area (Å²) < 4.78 is 0. The molecule has 0 saturated carbocycles. The summed E-state index contributed by atoms with van der Waals surface area (Å²) in [5.41, 5.74) is 10.5. The number of amides is 2. The van der Waals surface area contributed by atoms with E-state index < -0.39 is 6.03 Å². The van der Waals surface area contributed by atoms with Crippen LogP contribution in [0.1, 0.15) is 26.2 Å². The van der Waals surface area contributed by atoms with Crippen molar-refractivity contribution in [1.29, 1.82) is 0 Å². The van der Waals surface area contributed by atoms with Gasteiger partial charge in [0, 0.05) is 12.6 Å². The molecule has 0 aliphatic heterocycles. The van der Waals surface area contributed by atoms with E-state index in [-0.39, 0.29) is 6.04 Å². The zero-order chi connectivity index (χ0) is 8.69. The quantitative estimate of drug-likeness (QED) is 0.534.